The van der Waals surface area contributed by atoms with E-state index in [2.05, 4.69) is 15.3 Å². The Morgan fingerprint density at radius 1 is 1.14 bits per heavy atom. The second-order valence-electron chi connectivity index (χ2n) is 4.22. The summed E-state index contributed by atoms with van der Waals surface area (Å²) < 4.78 is 0. The standard InChI is InChI=1S/C14H10N4O2S/c15-12(19)11-7-17-14(21-11)18-13(20)9-5-6-16-10-4-2-1-3-8(9)10/h1-7H,(H2,15,19)(H,17,18,20). The Labute approximate surface area is 123 Å². The largest absolute Gasteiger partial charge is 0.365 e. The van der Waals surface area contributed by atoms with Crippen molar-refractivity contribution in [3.63, 3.8) is 0 Å². The van der Waals surface area contributed by atoms with Gasteiger partial charge in [-0.3, -0.25) is 19.9 Å². The number of rotatable bonds is 3. The number of anilines is 1. The van der Waals surface area contributed by atoms with Gasteiger partial charge >= 0.3 is 0 Å². The SMILES string of the molecule is NC(=O)c1cnc(NC(=O)c2ccnc3ccccc23)s1. The van der Waals surface area contributed by atoms with Gasteiger partial charge in [0.25, 0.3) is 11.8 Å². The lowest BCUT2D eigenvalue weighted by Gasteiger charge is -2.05. The summed E-state index contributed by atoms with van der Waals surface area (Å²) in [7, 11) is 0. The van der Waals surface area contributed by atoms with Gasteiger partial charge in [0.15, 0.2) is 5.13 Å². The molecule has 3 rings (SSSR count). The van der Waals surface area contributed by atoms with Crippen molar-refractivity contribution in [2.45, 2.75) is 0 Å². The molecule has 6 nitrogen and oxygen atoms in total. The summed E-state index contributed by atoms with van der Waals surface area (Å²) in [6, 6.07) is 9.00. The summed E-state index contributed by atoms with van der Waals surface area (Å²) in [5.74, 6) is -0.874. The molecule has 3 aromatic rings. The van der Waals surface area contributed by atoms with E-state index in [1.165, 1.54) is 6.20 Å². The molecule has 21 heavy (non-hydrogen) atoms. The highest BCUT2D eigenvalue weighted by Gasteiger charge is 2.13. The maximum atomic E-state index is 12.3. The second-order valence-corrected chi connectivity index (χ2v) is 5.25. The molecule has 0 aliphatic heterocycles. The van der Waals surface area contributed by atoms with Crippen LogP contribution in [0.4, 0.5) is 5.13 Å². The Kier molecular flexibility index (Phi) is 3.33. The summed E-state index contributed by atoms with van der Waals surface area (Å²) in [6.07, 6.45) is 2.92. The third-order valence-electron chi connectivity index (χ3n) is 2.86. The van der Waals surface area contributed by atoms with Gasteiger partial charge in [-0.25, -0.2) is 4.98 Å². The van der Waals surface area contributed by atoms with Gasteiger partial charge in [0.05, 0.1) is 17.3 Å². The number of pyridine rings is 1. The van der Waals surface area contributed by atoms with Gasteiger partial charge in [-0.2, -0.15) is 0 Å². The number of carbonyl (C=O) groups excluding carboxylic acids is 2. The Morgan fingerprint density at radius 3 is 2.71 bits per heavy atom. The topological polar surface area (TPSA) is 98.0 Å². The van der Waals surface area contributed by atoms with E-state index < -0.39 is 5.91 Å². The van der Waals surface area contributed by atoms with Crippen LogP contribution in [0.3, 0.4) is 0 Å². The lowest BCUT2D eigenvalue weighted by molar-refractivity contribution is 0.100. The summed E-state index contributed by atoms with van der Waals surface area (Å²) in [5.41, 5.74) is 6.39. The normalized spacial score (nSPS) is 10.5. The maximum Gasteiger partial charge on any atom is 0.260 e. The first-order valence-corrected chi connectivity index (χ1v) is 6.87. The third kappa shape index (κ3) is 2.59. The lowest BCUT2D eigenvalue weighted by Crippen LogP contribution is -2.12. The fourth-order valence-corrected chi connectivity index (χ4v) is 2.57. The number of hydrogen-bond donors (Lipinski definition) is 2. The number of nitrogens with zero attached hydrogens (tertiary/aromatic N) is 2. The molecule has 0 aliphatic rings. The van der Waals surface area contributed by atoms with Crippen LogP contribution in [-0.4, -0.2) is 21.8 Å². The Hall–Kier alpha value is -2.80. The van der Waals surface area contributed by atoms with Crippen LogP contribution in [0.5, 0.6) is 0 Å². The highest BCUT2D eigenvalue weighted by Crippen LogP contribution is 2.21. The van der Waals surface area contributed by atoms with E-state index in [9.17, 15) is 9.59 Å². The van der Waals surface area contributed by atoms with E-state index >= 15 is 0 Å². The van der Waals surface area contributed by atoms with Gasteiger partial charge in [-0.1, -0.05) is 29.5 Å². The van der Waals surface area contributed by atoms with Gasteiger partial charge in [0.1, 0.15) is 4.88 Å². The molecular formula is C14H10N4O2S. The summed E-state index contributed by atoms with van der Waals surface area (Å²) in [4.78, 5) is 31.8. The number of para-hydroxylation sites is 1. The molecule has 2 amide bonds. The van der Waals surface area contributed by atoms with Crippen molar-refractivity contribution in [2.75, 3.05) is 5.32 Å². The van der Waals surface area contributed by atoms with Crippen LogP contribution in [0.2, 0.25) is 0 Å². The van der Waals surface area contributed by atoms with Crippen molar-refractivity contribution in [3.8, 4) is 0 Å². The third-order valence-corrected chi connectivity index (χ3v) is 3.79. The average molecular weight is 298 g/mol. The first-order chi connectivity index (χ1) is 10.1. The van der Waals surface area contributed by atoms with Gasteiger partial charge in [0, 0.05) is 11.6 Å². The van der Waals surface area contributed by atoms with E-state index in [-0.39, 0.29) is 5.91 Å². The molecule has 2 heterocycles. The minimum Gasteiger partial charge on any atom is -0.365 e. The first kappa shape index (κ1) is 13.2. The van der Waals surface area contributed by atoms with Crippen molar-refractivity contribution < 1.29 is 9.59 Å². The maximum absolute atomic E-state index is 12.3. The predicted molar refractivity (Wildman–Crippen MR) is 80.3 cm³/mol. The highest BCUT2D eigenvalue weighted by atomic mass is 32.1. The van der Waals surface area contributed by atoms with Crippen LogP contribution in [0, 0.1) is 0 Å². The number of nitrogens with one attached hydrogen (secondary N) is 1. The van der Waals surface area contributed by atoms with E-state index in [1.54, 1.807) is 12.3 Å². The summed E-state index contributed by atoms with van der Waals surface area (Å²) in [5, 5.41) is 3.74. The van der Waals surface area contributed by atoms with Gasteiger partial charge in [-0.05, 0) is 12.1 Å². The molecule has 2 aromatic heterocycles. The molecule has 0 aliphatic carbocycles. The zero-order chi connectivity index (χ0) is 14.8. The van der Waals surface area contributed by atoms with Gasteiger partial charge < -0.3 is 5.73 Å². The monoisotopic (exact) mass is 298 g/mol. The molecular weight excluding hydrogens is 288 g/mol. The first-order valence-electron chi connectivity index (χ1n) is 6.06. The molecule has 0 spiro atoms. The molecule has 3 N–H and O–H groups in total. The number of amides is 2. The van der Waals surface area contributed by atoms with Gasteiger partial charge in [0.2, 0.25) is 0 Å². The van der Waals surface area contributed by atoms with E-state index in [1.807, 2.05) is 24.3 Å². The molecule has 0 unspecified atom stereocenters. The lowest BCUT2D eigenvalue weighted by atomic mass is 10.1. The number of fused-ring (bicyclic) bond motifs is 1. The number of hydrogen-bond acceptors (Lipinski definition) is 5. The summed E-state index contributed by atoms with van der Waals surface area (Å²) in [6.45, 7) is 0. The van der Waals surface area contributed by atoms with Crippen molar-refractivity contribution in [3.05, 3.63) is 53.2 Å². The number of nitrogens with two attached hydrogens (primary N) is 1. The zero-order valence-electron chi connectivity index (χ0n) is 10.7. The molecule has 0 atom stereocenters. The van der Waals surface area contributed by atoms with Crippen molar-refractivity contribution >= 4 is 39.2 Å². The number of carbonyl (C=O) groups is 2. The predicted octanol–water partition coefficient (Wildman–Crippen LogP) is 2.04. The van der Waals surface area contributed by atoms with Crippen LogP contribution < -0.4 is 11.1 Å². The van der Waals surface area contributed by atoms with Crippen molar-refractivity contribution in [2.24, 2.45) is 5.73 Å². The Morgan fingerprint density at radius 2 is 1.95 bits per heavy atom. The average Bonchev–Trinajstić information content (AvgIpc) is 2.95. The van der Waals surface area contributed by atoms with E-state index in [4.69, 9.17) is 5.73 Å². The molecule has 0 fully saturated rings. The zero-order valence-corrected chi connectivity index (χ0v) is 11.6. The van der Waals surface area contributed by atoms with E-state index in [0.717, 1.165) is 22.2 Å². The van der Waals surface area contributed by atoms with Crippen LogP contribution in [0.25, 0.3) is 10.9 Å². The van der Waals surface area contributed by atoms with Gasteiger partial charge in [-0.15, -0.1) is 0 Å². The fourth-order valence-electron chi connectivity index (χ4n) is 1.90. The Balaban J connectivity index is 1.91. The molecule has 1 aromatic carbocycles. The molecule has 0 saturated heterocycles. The smallest absolute Gasteiger partial charge is 0.260 e. The molecule has 0 radical (unpaired) electrons. The number of thiazole rings is 1. The summed E-state index contributed by atoms with van der Waals surface area (Å²) >= 11 is 1.04. The molecule has 7 heteroatoms. The molecule has 0 saturated carbocycles. The highest BCUT2D eigenvalue weighted by molar-refractivity contribution is 7.17. The number of aromatic nitrogens is 2. The quantitative estimate of drug-likeness (QED) is 0.773. The van der Waals surface area contributed by atoms with Crippen LogP contribution in [0.1, 0.15) is 20.0 Å². The van der Waals surface area contributed by atoms with E-state index in [0.29, 0.717) is 15.6 Å². The number of benzene rings is 1. The molecule has 104 valence electrons. The minimum absolute atomic E-state index is 0.296. The van der Waals surface area contributed by atoms with Crippen molar-refractivity contribution in [1.82, 2.24) is 9.97 Å². The van der Waals surface area contributed by atoms with Crippen molar-refractivity contribution in [1.29, 1.82) is 0 Å². The number of primary amides is 1. The van der Waals surface area contributed by atoms with Crippen LogP contribution in [-0.2, 0) is 0 Å². The Bertz CT molecular complexity index is 838. The minimum atomic E-state index is -0.567. The molecule has 0 bridgehead atoms. The van der Waals surface area contributed by atoms with Crippen LogP contribution >= 0.6 is 11.3 Å². The second kappa shape index (κ2) is 5.29. The van der Waals surface area contributed by atoms with Crippen LogP contribution in [0.15, 0.2) is 42.7 Å². The fraction of sp³-hybridized carbons (Fsp3) is 0.